The van der Waals surface area contributed by atoms with Gasteiger partial charge >= 0.3 is 0 Å². The average Bonchev–Trinajstić information content (AvgIpc) is 2.39. The van der Waals surface area contributed by atoms with E-state index in [9.17, 15) is 0 Å². The monoisotopic (exact) mass is 244 g/mol. The fourth-order valence-corrected chi connectivity index (χ4v) is 2.36. The van der Waals surface area contributed by atoms with Crippen LogP contribution in [0.1, 0.15) is 30.6 Å². The van der Waals surface area contributed by atoms with Gasteiger partial charge in [-0.3, -0.25) is 4.90 Å². The smallest absolute Gasteiger partial charge is 0.0954 e. The van der Waals surface area contributed by atoms with E-state index in [4.69, 9.17) is 10.00 Å². The van der Waals surface area contributed by atoms with Crippen LogP contribution in [-0.2, 0) is 11.2 Å². The van der Waals surface area contributed by atoms with Gasteiger partial charge in [0.05, 0.1) is 25.2 Å². The SMILES string of the molecule is CC(CC#N)N(C)CC1OCCc2ccccc21. The van der Waals surface area contributed by atoms with E-state index >= 15 is 0 Å². The van der Waals surface area contributed by atoms with Crippen LogP contribution in [0.25, 0.3) is 0 Å². The minimum atomic E-state index is 0.140. The van der Waals surface area contributed by atoms with Crippen molar-refractivity contribution < 1.29 is 4.74 Å². The first kappa shape index (κ1) is 13.1. The Morgan fingerprint density at radius 3 is 3.06 bits per heavy atom. The van der Waals surface area contributed by atoms with Crippen molar-refractivity contribution in [1.29, 1.82) is 5.26 Å². The molecular weight excluding hydrogens is 224 g/mol. The van der Waals surface area contributed by atoms with Crippen molar-refractivity contribution >= 4 is 0 Å². The normalized spacial score (nSPS) is 20.2. The summed E-state index contributed by atoms with van der Waals surface area (Å²) in [5, 5.41) is 8.74. The number of likely N-dealkylation sites (N-methyl/N-ethyl adjacent to an activating group) is 1. The predicted molar refractivity (Wildman–Crippen MR) is 71.2 cm³/mol. The summed E-state index contributed by atoms with van der Waals surface area (Å²) in [6.07, 6.45) is 1.70. The molecule has 1 aromatic carbocycles. The third-order valence-electron chi connectivity index (χ3n) is 3.69. The van der Waals surface area contributed by atoms with E-state index in [1.54, 1.807) is 0 Å². The van der Waals surface area contributed by atoms with Gasteiger partial charge < -0.3 is 4.74 Å². The molecule has 0 spiro atoms. The Hall–Kier alpha value is -1.37. The Morgan fingerprint density at radius 1 is 1.50 bits per heavy atom. The molecule has 3 heteroatoms. The highest BCUT2D eigenvalue weighted by atomic mass is 16.5. The molecule has 0 aromatic heterocycles. The van der Waals surface area contributed by atoms with E-state index in [1.165, 1.54) is 11.1 Å². The lowest BCUT2D eigenvalue weighted by atomic mass is 9.97. The van der Waals surface area contributed by atoms with Crippen LogP contribution in [0, 0.1) is 11.3 Å². The van der Waals surface area contributed by atoms with Gasteiger partial charge in [0, 0.05) is 12.6 Å². The standard InChI is InChI=1S/C15H20N2O/c1-12(7-9-16)17(2)11-15-14-6-4-3-5-13(14)8-10-18-15/h3-6,12,15H,7-8,10-11H2,1-2H3. The first-order valence-corrected chi connectivity index (χ1v) is 6.49. The van der Waals surface area contributed by atoms with E-state index in [2.05, 4.69) is 49.2 Å². The first-order chi connectivity index (χ1) is 8.72. The van der Waals surface area contributed by atoms with E-state index in [0.29, 0.717) is 6.42 Å². The predicted octanol–water partition coefficient (Wildman–Crippen LogP) is 2.53. The number of fused-ring (bicyclic) bond motifs is 1. The maximum atomic E-state index is 8.74. The molecule has 1 aliphatic heterocycles. The van der Waals surface area contributed by atoms with Crippen LogP contribution in [-0.4, -0.2) is 31.1 Å². The molecule has 1 aromatic rings. The molecule has 0 saturated heterocycles. The molecule has 3 nitrogen and oxygen atoms in total. The second-order valence-electron chi connectivity index (χ2n) is 4.96. The van der Waals surface area contributed by atoms with Gasteiger partial charge in [-0.25, -0.2) is 0 Å². The fourth-order valence-electron chi connectivity index (χ4n) is 2.36. The van der Waals surface area contributed by atoms with Crippen LogP contribution in [0.3, 0.4) is 0 Å². The van der Waals surface area contributed by atoms with Crippen LogP contribution >= 0.6 is 0 Å². The Balaban J connectivity index is 2.05. The molecule has 1 aliphatic rings. The van der Waals surface area contributed by atoms with E-state index in [-0.39, 0.29) is 12.1 Å². The molecular formula is C15H20N2O. The number of benzene rings is 1. The molecule has 2 rings (SSSR count). The topological polar surface area (TPSA) is 36.3 Å². The molecule has 0 saturated carbocycles. The summed E-state index contributed by atoms with van der Waals surface area (Å²) in [4.78, 5) is 2.20. The first-order valence-electron chi connectivity index (χ1n) is 6.49. The maximum absolute atomic E-state index is 8.74. The van der Waals surface area contributed by atoms with Crippen molar-refractivity contribution in [3.8, 4) is 6.07 Å². The van der Waals surface area contributed by atoms with Gasteiger partial charge in [-0.15, -0.1) is 0 Å². The van der Waals surface area contributed by atoms with Crippen molar-refractivity contribution in [1.82, 2.24) is 4.90 Å². The maximum Gasteiger partial charge on any atom is 0.0954 e. The highest BCUT2D eigenvalue weighted by molar-refractivity contribution is 5.31. The zero-order valence-electron chi connectivity index (χ0n) is 11.1. The molecule has 96 valence electrons. The van der Waals surface area contributed by atoms with Crippen molar-refractivity contribution in [3.05, 3.63) is 35.4 Å². The van der Waals surface area contributed by atoms with Crippen LogP contribution in [0.15, 0.2) is 24.3 Å². The minimum absolute atomic E-state index is 0.140. The molecule has 1 heterocycles. The number of rotatable bonds is 4. The van der Waals surface area contributed by atoms with E-state index < -0.39 is 0 Å². The second-order valence-corrected chi connectivity index (χ2v) is 4.96. The van der Waals surface area contributed by atoms with Gasteiger partial charge in [0.1, 0.15) is 0 Å². The van der Waals surface area contributed by atoms with Crippen LogP contribution in [0.2, 0.25) is 0 Å². The summed E-state index contributed by atoms with van der Waals surface area (Å²) in [7, 11) is 2.06. The molecule has 0 bridgehead atoms. The molecule has 0 fully saturated rings. The lowest BCUT2D eigenvalue weighted by Gasteiger charge is -2.31. The molecule has 18 heavy (non-hydrogen) atoms. The van der Waals surface area contributed by atoms with E-state index in [0.717, 1.165) is 19.6 Å². The lowest BCUT2D eigenvalue weighted by Crippen LogP contribution is -2.35. The van der Waals surface area contributed by atoms with Crippen LogP contribution < -0.4 is 0 Å². The van der Waals surface area contributed by atoms with Gasteiger partial charge in [0.15, 0.2) is 0 Å². The van der Waals surface area contributed by atoms with Gasteiger partial charge in [0.2, 0.25) is 0 Å². The van der Waals surface area contributed by atoms with Gasteiger partial charge in [0.25, 0.3) is 0 Å². The second kappa shape index (κ2) is 5.99. The number of nitriles is 1. The van der Waals surface area contributed by atoms with E-state index in [1.807, 2.05) is 0 Å². The summed E-state index contributed by atoms with van der Waals surface area (Å²) in [5.74, 6) is 0. The highest BCUT2D eigenvalue weighted by Gasteiger charge is 2.23. The zero-order valence-corrected chi connectivity index (χ0v) is 11.1. The highest BCUT2D eigenvalue weighted by Crippen LogP contribution is 2.27. The Morgan fingerprint density at radius 2 is 2.28 bits per heavy atom. The third-order valence-corrected chi connectivity index (χ3v) is 3.69. The molecule has 0 N–H and O–H groups in total. The summed E-state index contributed by atoms with van der Waals surface area (Å²) >= 11 is 0. The van der Waals surface area contributed by atoms with Crippen LogP contribution in [0.5, 0.6) is 0 Å². The lowest BCUT2D eigenvalue weighted by molar-refractivity contribution is 0.0146. The quantitative estimate of drug-likeness (QED) is 0.816. The Bertz CT molecular complexity index is 438. The minimum Gasteiger partial charge on any atom is -0.372 e. The van der Waals surface area contributed by atoms with Crippen molar-refractivity contribution in [3.63, 3.8) is 0 Å². The Kier molecular flexibility index (Phi) is 4.35. The zero-order chi connectivity index (χ0) is 13.0. The molecule has 2 atom stereocenters. The summed E-state index contributed by atoms with van der Waals surface area (Å²) < 4.78 is 5.88. The number of hydrogen-bond acceptors (Lipinski definition) is 3. The Labute approximate surface area is 109 Å². The van der Waals surface area contributed by atoms with Gasteiger partial charge in [-0.2, -0.15) is 5.26 Å². The third kappa shape index (κ3) is 2.90. The van der Waals surface area contributed by atoms with Crippen molar-refractivity contribution in [2.45, 2.75) is 31.9 Å². The van der Waals surface area contributed by atoms with Gasteiger partial charge in [-0.05, 0) is 31.5 Å². The number of hydrogen-bond donors (Lipinski definition) is 0. The largest absolute Gasteiger partial charge is 0.372 e. The molecule has 0 amide bonds. The summed E-state index contributed by atoms with van der Waals surface area (Å²) in [6, 6.07) is 11.0. The number of ether oxygens (including phenoxy) is 1. The average molecular weight is 244 g/mol. The van der Waals surface area contributed by atoms with Gasteiger partial charge in [-0.1, -0.05) is 24.3 Å². The molecule has 2 unspecified atom stereocenters. The summed E-state index contributed by atoms with van der Waals surface area (Å²) in [5.41, 5.74) is 2.70. The summed E-state index contributed by atoms with van der Waals surface area (Å²) in [6.45, 7) is 3.72. The van der Waals surface area contributed by atoms with Crippen molar-refractivity contribution in [2.75, 3.05) is 20.2 Å². The van der Waals surface area contributed by atoms with Crippen molar-refractivity contribution in [2.24, 2.45) is 0 Å². The molecule has 0 radical (unpaired) electrons. The number of nitrogens with zero attached hydrogens (tertiary/aromatic N) is 2. The molecule has 0 aliphatic carbocycles. The van der Waals surface area contributed by atoms with Crippen LogP contribution in [0.4, 0.5) is 0 Å². The fraction of sp³-hybridized carbons (Fsp3) is 0.533.